The van der Waals surface area contributed by atoms with Crippen LogP contribution in [0.15, 0.2) is 24.3 Å². The third-order valence-electron chi connectivity index (χ3n) is 4.21. The van der Waals surface area contributed by atoms with E-state index in [4.69, 9.17) is 10.5 Å². The molecular formula is C17H26N2O2. The lowest BCUT2D eigenvalue weighted by molar-refractivity contribution is -0.134. The van der Waals surface area contributed by atoms with Gasteiger partial charge >= 0.3 is 0 Å². The molecule has 2 rings (SSSR count). The number of carbonyl (C=O) groups is 1. The molecule has 1 aliphatic heterocycles. The molecule has 1 aliphatic rings. The number of ether oxygens (including phenoxy) is 1. The van der Waals surface area contributed by atoms with Crippen molar-refractivity contribution in [3.8, 4) is 5.75 Å². The molecule has 1 fully saturated rings. The maximum atomic E-state index is 12.1. The first-order valence-electron chi connectivity index (χ1n) is 7.80. The Morgan fingerprint density at radius 1 is 1.29 bits per heavy atom. The number of nitrogens with two attached hydrogens (primary N) is 1. The molecule has 0 aliphatic carbocycles. The second-order valence-corrected chi connectivity index (χ2v) is 6.07. The summed E-state index contributed by atoms with van der Waals surface area (Å²) in [5, 5.41) is 0. The van der Waals surface area contributed by atoms with Crippen LogP contribution in [-0.2, 0) is 4.79 Å². The molecule has 0 spiro atoms. The summed E-state index contributed by atoms with van der Waals surface area (Å²) in [4.78, 5) is 14.0. The van der Waals surface area contributed by atoms with Gasteiger partial charge in [0.25, 0.3) is 5.91 Å². The van der Waals surface area contributed by atoms with Crippen LogP contribution in [0.2, 0.25) is 0 Å². The Kier molecular flexibility index (Phi) is 5.62. The van der Waals surface area contributed by atoms with Gasteiger partial charge in [-0.3, -0.25) is 4.79 Å². The Hall–Kier alpha value is -1.55. The number of likely N-dealkylation sites (tertiary alicyclic amines) is 1. The van der Waals surface area contributed by atoms with Crippen LogP contribution in [0.3, 0.4) is 0 Å². The van der Waals surface area contributed by atoms with Crippen LogP contribution < -0.4 is 10.5 Å². The van der Waals surface area contributed by atoms with Gasteiger partial charge in [0.05, 0.1) is 0 Å². The van der Waals surface area contributed by atoms with E-state index in [0.717, 1.165) is 38.2 Å². The Morgan fingerprint density at radius 3 is 2.43 bits per heavy atom. The minimum absolute atomic E-state index is 0.0680. The van der Waals surface area contributed by atoms with E-state index in [0.29, 0.717) is 11.8 Å². The number of hydrogen-bond donors (Lipinski definition) is 1. The highest BCUT2D eigenvalue weighted by atomic mass is 16.5. The van der Waals surface area contributed by atoms with Crippen molar-refractivity contribution in [1.82, 2.24) is 4.90 Å². The zero-order valence-electron chi connectivity index (χ0n) is 13.0. The molecule has 0 unspecified atom stereocenters. The molecule has 0 aromatic heterocycles. The second kappa shape index (κ2) is 7.46. The maximum absolute atomic E-state index is 12.1. The average Bonchev–Trinajstić information content (AvgIpc) is 2.53. The van der Waals surface area contributed by atoms with E-state index in [9.17, 15) is 4.79 Å². The summed E-state index contributed by atoms with van der Waals surface area (Å²) in [7, 11) is 0. The molecule has 2 N–H and O–H groups in total. The van der Waals surface area contributed by atoms with Crippen LogP contribution in [0.4, 0.5) is 0 Å². The van der Waals surface area contributed by atoms with Crippen LogP contribution in [0.1, 0.15) is 38.2 Å². The number of benzene rings is 1. The third kappa shape index (κ3) is 4.46. The fourth-order valence-electron chi connectivity index (χ4n) is 2.60. The topological polar surface area (TPSA) is 55.6 Å². The standard InChI is InChI=1S/C17H26N2O2/c1-13(2)15-3-5-16(6-4-15)21-12-17(20)19-9-7-14(11-18)8-10-19/h3-6,13-14H,7-12,18H2,1-2H3. The lowest BCUT2D eigenvalue weighted by Crippen LogP contribution is -2.42. The zero-order valence-corrected chi connectivity index (χ0v) is 13.0. The second-order valence-electron chi connectivity index (χ2n) is 6.07. The summed E-state index contributed by atoms with van der Waals surface area (Å²) in [6, 6.07) is 7.97. The lowest BCUT2D eigenvalue weighted by atomic mass is 9.97. The van der Waals surface area contributed by atoms with Gasteiger partial charge in [0, 0.05) is 13.1 Å². The minimum atomic E-state index is 0.0680. The number of hydrogen-bond acceptors (Lipinski definition) is 3. The molecule has 1 aromatic rings. The van der Waals surface area contributed by atoms with Crippen molar-refractivity contribution in [2.45, 2.75) is 32.6 Å². The van der Waals surface area contributed by atoms with Crippen LogP contribution in [0.5, 0.6) is 5.75 Å². The van der Waals surface area contributed by atoms with Crippen molar-refractivity contribution in [2.24, 2.45) is 11.7 Å². The van der Waals surface area contributed by atoms with Crippen molar-refractivity contribution in [2.75, 3.05) is 26.2 Å². The highest BCUT2D eigenvalue weighted by Crippen LogP contribution is 2.19. The molecular weight excluding hydrogens is 264 g/mol. The first-order valence-corrected chi connectivity index (χ1v) is 7.80. The fraction of sp³-hybridized carbons (Fsp3) is 0.588. The molecule has 1 amide bonds. The van der Waals surface area contributed by atoms with Gasteiger partial charge in [0.2, 0.25) is 0 Å². The number of rotatable bonds is 5. The highest BCUT2D eigenvalue weighted by molar-refractivity contribution is 5.77. The van der Waals surface area contributed by atoms with E-state index in [-0.39, 0.29) is 12.5 Å². The molecule has 0 bridgehead atoms. The van der Waals surface area contributed by atoms with Gasteiger partial charge in [0.15, 0.2) is 6.61 Å². The van der Waals surface area contributed by atoms with E-state index in [1.54, 1.807) is 0 Å². The molecule has 21 heavy (non-hydrogen) atoms. The normalized spacial score (nSPS) is 16.3. The first-order chi connectivity index (χ1) is 10.1. The monoisotopic (exact) mass is 290 g/mol. The van der Waals surface area contributed by atoms with Crippen molar-refractivity contribution in [3.63, 3.8) is 0 Å². The number of piperidine rings is 1. The van der Waals surface area contributed by atoms with Crippen LogP contribution in [0, 0.1) is 5.92 Å². The van der Waals surface area contributed by atoms with Crippen LogP contribution >= 0.6 is 0 Å². The van der Waals surface area contributed by atoms with Crippen molar-refractivity contribution >= 4 is 5.91 Å². The van der Waals surface area contributed by atoms with Gasteiger partial charge in [-0.2, -0.15) is 0 Å². The van der Waals surface area contributed by atoms with Crippen molar-refractivity contribution in [1.29, 1.82) is 0 Å². The first kappa shape index (κ1) is 15.8. The maximum Gasteiger partial charge on any atom is 0.260 e. The van der Waals surface area contributed by atoms with Crippen molar-refractivity contribution < 1.29 is 9.53 Å². The van der Waals surface area contributed by atoms with E-state index in [1.807, 2.05) is 17.0 Å². The Balaban J connectivity index is 1.78. The molecule has 1 aromatic carbocycles. The van der Waals surface area contributed by atoms with Crippen molar-refractivity contribution in [3.05, 3.63) is 29.8 Å². The van der Waals surface area contributed by atoms with Gasteiger partial charge < -0.3 is 15.4 Å². The summed E-state index contributed by atoms with van der Waals surface area (Å²) in [5.74, 6) is 1.89. The summed E-state index contributed by atoms with van der Waals surface area (Å²) >= 11 is 0. The highest BCUT2D eigenvalue weighted by Gasteiger charge is 2.22. The predicted molar refractivity (Wildman–Crippen MR) is 84.4 cm³/mol. The Morgan fingerprint density at radius 2 is 1.90 bits per heavy atom. The number of nitrogens with zero attached hydrogens (tertiary/aromatic N) is 1. The SMILES string of the molecule is CC(C)c1ccc(OCC(=O)N2CCC(CN)CC2)cc1. The molecule has 4 heteroatoms. The van der Waals surface area contributed by atoms with E-state index in [2.05, 4.69) is 26.0 Å². The molecule has 1 heterocycles. The summed E-state index contributed by atoms with van der Waals surface area (Å²) in [6.45, 7) is 6.76. The Labute approximate surface area is 127 Å². The Bertz CT molecular complexity index is 448. The van der Waals surface area contributed by atoms with Crippen LogP contribution in [-0.4, -0.2) is 37.0 Å². The van der Waals surface area contributed by atoms with Gasteiger partial charge in [-0.25, -0.2) is 0 Å². The molecule has 4 nitrogen and oxygen atoms in total. The summed E-state index contributed by atoms with van der Waals surface area (Å²) in [6.07, 6.45) is 2.01. The fourth-order valence-corrected chi connectivity index (χ4v) is 2.60. The zero-order chi connectivity index (χ0) is 15.2. The van der Waals surface area contributed by atoms with Gasteiger partial charge in [-0.1, -0.05) is 26.0 Å². The summed E-state index contributed by atoms with van der Waals surface area (Å²) < 4.78 is 5.59. The lowest BCUT2D eigenvalue weighted by Gasteiger charge is -2.31. The molecule has 0 saturated carbocycles. The van der Waals surface area contributed by atoms with Gasteiger partial charge in [-0.05, 0) is 48.9 Å². The molecule has 0 radical (unpaired) electrons. The van der Waals surface area contributed by atoms with E-state index < -0.39 is 0 Å². The van der Waals surface area contributed by atoms with Gasteiger partial charge in [-0.15, -0.1) is 0 Å². The quantitative estimate of drug-likeness (QED) is 0.906. The largest absolute Gasteiger partial charge is 0.484 e. The minimum Gasteiger partial charge on any atom is -0.484 e. The van der Waals surface area contributed by atoms with E-state index >= 15 is 0 Å². The number of amides is 1. The van der Waals surface area contributed by atoms with Gasteiger partial charge in [0.1, 0.15) is 5.75 Å². The molecule has 1 saturated heterocycles. The molecule has 0 atom stereocenters. The van der Waals surface area contributed by atoms with Crippen LogP contribution in [0.25, 0.3) is 0 Å². The average molecular weight is 290 g/mol. The summed E-state index contributed by atoms with van der Waals surface area (Å²) in [5.41, 5.74) is 6.94. The molecule has 116 valence electrons. The number of carbonyl (C=O) groups excluding carboxylic acids is 1. The third-order valence-corrected chi connectivity index (χ3v) is 4.21. The smallest absolute Gasteiger partial charge is 0.260 e. The van der Waals surface area contributed by atoms with E-state index in [1.165, 1.54) is 5.56 Å². The predicted octanol–water partition coefficient (Wildman–Crippen LogP) is 2.39.